The van der Waals surface area contributed by atoms with E-state index in [9.17, 15) is 9.90 Å². The molecule has 1 atom stereocenters. The molecule has 2 heterocycles. The zero-order valence-corrected chi connectivity index (χ0v) is 9.27. The number of carbonyl (C=O) groups excluding carboxylic acids is 1. The van der Waals surface area contributed by atoms with Gasteiger partial charge in [-0.1, -0.05) is 18.2 Å². The van der Waals surface area contributed by atoms with E-state index in [0.717, 1.165) is 6.42 Å². The molecule has 0 aliphatic carbocycles. The lowest BCUT2D eigenvalue weighted by atomic mass is 9.85. The number of hydrogen-bond donors (Lipinski definition) is 2. The summed E-state index contributed by atoms with van der Waals surface area (Å²) in [6, 6.07) is 7.20. The van der Waals surface area contributed by atoms with Crippen LogP contribution in [-0.2, 0) is 15.1 Å². The molecule has 0 radical (unpaired) electrons. The Bertz CT molecular complexity index is 509. The third-order valence-electron chi connectivity index (χ3n) is 3.29. The second kappa shape index (κ2) is 3.60. The molecule has 1 amide bonds. The van der Waals surface area contributed by atoms with Crippen LogP contribution in [0.4, 0.5) is 5.69 Å². The van der Waals surface area contributed by atoms with Gasteiger partial charge in [0.15, 0.2) is 5.60 Å². The number of hydrogen-bond acceptors (Lipinski definition) is 3. The number of para-hydroxylation sites is 1. The van der Waals surface area contributed by atoms with E-state index in [1.54, 1.807) is 12.1 Å². The fraction of sp³-hybridized carbons (Fsp3) is 0.308. The molecule has 0 fully saturated rings. The van der Waals surface area contributed by atoms with E-state index in [0.29, 0.717) is 29.9 Å². The zero-order valence-electron chi connectivity index (χ0n) is 9.27. The molecule has 0 spiro atoms. The normalized spacial score (nSPS) is 26.9. The Balaban J connectivity index is 2.12. The van der Waals surface area contributed by atoms with Crippen molar-refractivity contribution >= 4 is 11.6 Å². The molecule has 0 saturated carbocycles. The van der Waals surface area contributed by atoms with Crippen molar-refractivity contribution in [3.05, 3.63) is 41.7 Å². The van der Waals surface area contributed by atoms with Gasteiger partial charge in [-0.2, -0.15) is 0 Å². The highest BCUT2D eigenvalue weighted by Crippen LogP contribution is 2.42. The van der Waals surface area contributed by atoms with Gasteiger partial charge in [0, 0.05) is 16.8 Å². The number of benzene rings is 1. The van der Waals surface area contributed by atoms with E-state index >= 15 is 0 Å². The summed E-state index contributed by atoms with van der Waals surface area (Å²) in [5.41, 5.74) is 0.358. The highest BCUT2D eigenvalue weighted by Gasteiger charge is 2.48. The van der Waals surface area contributed by atoms with Crippen molar-refractivity contribution in [3.8, 4) is 0 Å². The molecular formula is C13H13NO3. The molecule has 4 heteroatoms. The zero-order chi connectivity index (χ0) is 11.9. The van der Waals surface area contributed by atoms with Crippen molar-refractivity contribution in [2.45, 2.75) is 18.4 Å². The minimum Gasteiger partial charge on any atom is -0.501 e. The van der Waals surface area contributed by atoms with E-state index in [4.69, 9.17) is 4.74 Å². The highest BCUT2D eigenvalue weighted by molar-refractivity contribution is 6.07. The molecule has 17 heavy (non-hydrogen) atoms. The molecule has 4 nitrogen and oxygen atoms in total. The van der Waals surface area contributed by atoms with Crippen LogP contribution in [-0.4, -0.2) is 17.6 Å². The molecule has 0 aromatic heterocycles. The molecule has 1 aromatic rings. The minimum absolute atomic E-state index is 0.393. The van der Waals surface area contributed by atoms with E-state index in [-0.39, 0.29) is 0 Å². The lowest BCUT2D eigenvalue weighted by Crippen LogP contribution is -2.37. The predicted octanol–water partition coefficient (Wildman–Crippen LogP) is 1.52. The van der Waals surface area contributed by atoms with Gasteiger partial charge in [-0.25, -0.2) is 0 Å². The number of rotatable bonds is 1. The van der Waals surface area contributed by atoms with Crippen molar-refractivity contribution in [2.24, 2.45) is 0 Å². The van der Waals surface area contributed by atoms with Crippen molar-refractivity contribution in [1.82, 2.24) is 0 Å². The average Bonchev–Trinajstić information content (AvgIpc) is 2.64. The average molecular weight is 231 g/mol. The van der Waals surface area contributed by atoms with Crippen LogP contribution >= 0.6 is 0 Å². The van der Waals surface area contributed by atoms with Crippen molar-refractivity contribution in [3.63, 3.8) is 0 Å². The SMILES string of the molecule is O=C1Nc2ccccc2C1(O)C1=COCCC1. The van der Waals surface area contributed by atoms with Gasteiger partial charge >= 0.3 is 0 Å². The molecule has 3 rings (SSSR count). The largest absolute Gasteiger partial charge is 0.501 e. The maximum Gasteiger partial charge on any atom is 0.265 e. The second-order valence-electron chi connectivity index (χ2n) is 4.33. The number of nitrogens with one attached hydrogen (secondary N) is 1. The van der Waals surface area contributed by atoms with Gasteiger partial charge < -0.3 is 15.2 Å². The first kappa shape index (κ1) is 10.4. The van der Waals surface area contributed by atoms with Gasteiger partial charge in [-0.3, -0.25) is 4.79 Å². The van der Waals surface area contributed by atoms with Gasteiger partial charge in [0.05, 0.1) is 12.9 Å². The number of ether oxygens (including phenoxy) is 1. The summed E-state index contributed by atoms with van der Waals surface area (Å²) in [5.74, 6) is -0.393. The summed E-state index contributed by atoms with van der Waals surface area (Å²) < 4.78 is 5.22. The summed E-state index contributed by atoms with van der Waals surface area (Å²) in [5, 5.41) is 13.4. The maximum atomic E-state index is 12.0. The fourth-order valence-corrected chi connectivity index (χ4v) is 2.39. The Morgan fingerprint density at radius 1 is 1.35 bits per heavy atom. The summed E-state index contributed by atoms with van der Waals surface area (Å²) in [6.07, 6.45) is 3.02. The van der Waals surface area contributed by atoms with Crippen LogP contribution in [0.2, 0.25) is 0 Å². The molecule has 0 bridgehead atoms. The molecule has 0 saturated heterocycles. The lowest BCUT2D eigenvalue weighted by molar-refractivity contribution is -0.130. The Morgan fingerprint density at radius 3 is 2.94 bits per heavy atom. The smallest absolute Gasteiger partial charge is 0.265 e. The molecule has 1 aromatic carbocycles. The van der Waals surface area contributed by atoms with E-state index in [1.165, 1.54) is 6.26 Å². The van der Waals surface area contributed by atoms with Crippen LogP contribution in [0.25, 0.3) is 0 Å². The van der Waals surface area contributed by atoms with Crippen LogP contribution < -0.4 is 5.32 Å². The third-order valence-corrected chi connectivity index (χ3v) is 3.29. The first-order valence-electron chi connectivity index (χ1n) is 5.67. The van der Waals surface area contributed by atoms with Crippen molar-refractivity contribution in [1.29, 1.82) is 0 Å². The number of anilines is 1. The summed E-state index contributed by atoms with van der Waals surface area (Å²) >= 11 is 0. The second-order valence-corrected chi connectivity index (χ2v) is 4.33. The quantitative estimate of drug-likeness (QED) is 0.770. The van der Waals surface area contributed by atoms with E-state index in [2.05, 4.69) is 5.32 Å². The molecule has 2 aliphatic heterocycles. The Hall–Kier alpha value is -1.81. The van der Waals surface area contributed by atoms with Gasteiger partial charge in [0.25, 0.3) is 5.91 Å². The molecule has 1 unspecified atom stereocenters. The van der Waals surface area contributed by atoms with Gasteiger partial charge in [0.1, 0.15) is 0 Å². The van der Waals surface area contributed by atoms with Crippen LogP contribution in [0.5, 0.6) is 0 Å². The molecule has 2 N–H and O–H groups in total. The number of aliphatic hydroxyl groups is 1. The van der Waals surface area contributed by atoms with Gasteiger partial charge in [-0.05, 0) is 18.9 Å². The van der Waals surface area contributed by atoms with Crippen molar-refractivity contribution in [2.75, 3.05) is 11.9 Å². The third kappa shape index (κ3) is 1.37. The Labute approximate surface area is 98.9 Å². The van der Waals surface area contributed by atoms with E-state index in [1.807, 2.05) is 12.1 Å². The van der Waals surface area contributed by atoms with Crippen molar-refractivity contribution < 1.29 is 14.6 Å². The van der Waals surface area contributed by atoms with E-state index < -0.39 is 11.5 Å². The summed E-state index contributed by atoms with van der Waals surface area (Å²) in [7, 11) is 0. The molecule has 2 aliphatic rings. The number of fused-ring (bicyclic) bond motifs is 1. The first-order chi connectivity index (χ1) is 8.23. The first-order valence-corrected chi connectivity index (χ1v) is 5.67. The minimum atomic E-state index is -1.56. The molecule has 88 valence electrons. The predicted molar refractivity (Wildman–Crippen MR) is 62.2 cm³/mol. The van der Waals surface area contributed by atoms with Gasteiger partial charge in [0.2, 0.25) is 0 Å². The summed E-state index contributed by atoms with van der Waals surface area (Å²) in [4.78, 5) is 12.0. The highest BCUT2D eigenvalue weighted by atomic mass is 16.5. The molecular weight excluding hydrogens is 218 g/mol. The van der Waals surface area contributed by atoms with Crippen LogP contribution in [0.15, 0.2) is 36.1 Å². The van der Waals surface area contributed by atoms with Crippen LogP contribution in [0.1, 0.15) is 18.4 Å². The Morgan fingerprint density at radius 2 is 2.18 bits per heavy atom. The topological polar surface area (TPSA) is 58.6 Å². The maximum absolute atomic E-state index is 12.0. The standard InChI is InChI=1S/C13H13NO3/c15-12-13(16,9-4-3-7-17-8-9)10-5-1-2-6-11(10)14-12/h1-2,5-6,8,16H,3-4,7H2,(H,14,15). The van der Waals surface area contributed by atoms with Crippen LogP contribution in [0, 0.1) is 0 Å². The summed E-state index contributed by atoms with van der Waals surface area (Å²) in [6.45, 7) is 0.642. The fourth-order valence-electron chi connectivity index (χ4n) is 2.39. The lowest BCUT2D eigenvalue weighted by Gasteiger charge is -2.26. The van der Waals surface area contributed by atoms with Crippen LogP contribution in [0.3, 0.4) is 0 Å². The Kier molecular flexibility index (Phi) is 2.19. The number of carbonyl (C=O) groups is 1. The monoisotopic (exact) mass is 231 g/mol. The number of amides is 1. The van der Waals surface area contributed by atoms with Gasteiger partial charge in [-0.15, -0.1) is 0 Å².